The van der Waals surface area contributed by atoms with E-state index in [9.17, 15) is 31.2 Å². The van der Waals surface area contributed by atoms with Crippen LogP contribution in [0.4, 0.5) is 17.6 Å². The highest BCUT2D eigenvalue weighted by Gasteiger charge is 2.35. The molecule has 1 aliphatic heterocycles. The van der Waals surface area contributed by atoms with Crippen LogP contribution in [0, 0.1) is 0 Å². The van der Waals surface area contributed by atoms with Crippen LogP contribution in [0.5, 0.6) is 11.6 Å². The molecule has 2 amide bonds. The lowest BCUT2D eigenvalue weighted by molar-refractivity contribution is -0.274. The summed E-state index contributed by atoms with van der Waals surface area (Å²) in [5.41, 5.74) is 1.33. The van der Waals surface area contributed by atoms with Gasteiger partial charge in [-0.2, -0.15) is 5.10 Å². The highest BCUT2D eigenvalue weighted by Crippen LogP contribution is 2.30. The molecule has 1 aromatic carbocycles. The standard InChI is InChI=1S/C29H29F4N5O6S/c1-4-5-19-10-18(6-7-24(19)44-29(31,32)33)11-26(39)37-9-8-25(23(30)16-37)43-28-22(27(40)34-2)12-20(13-35-28)21-14-36-38(15-21)17-45(3,41)42/h4-7,10,12-15,23,25H,2,8-9,11,16-17H2,1,3H3. The summed E-state index contributed by atoms with van der Waals surface area (Å²) < 4.78 is 87.7. The molecule has 2 unspecified atom stereocenters. The first-order valence-corrected chi connectivity index (χ1v) is 15.5. The van der Waals surface area contributed by atoms with Gasteiger partial charge in [-0.1, -0.05) is 18.2 Å². The Bertz CT molecular complexity index is 1720. The maximum absolute atomic E-state index is 15.3. The van der Waals surface area contributed by atoms with E-state index in [1.165, 1.54) is 58.5 Å². The summed E-state index contributed by atoms with van der Waals surface area (Å²) in [6.07, 6.45) is 0.528. The van der Waals surface area contributed by atoms with Gasteiger partial charge in [-0.05, 0) is 37.4 Å². The minimum Gasteiger partial charge on any atom is -0.471 e. The number of hydrogen-bond acceptors (Lipinski definition) is 8. The number of rotatable bonds is 10. The number of piperidine rings is 1. The number of sulfone groups is 1. The molecule has 4 rings (SSSR count). The lowest BCUT2D eigenvalue weighted by Crippen LogP contribution is -2.49. The van der Waals surface area contributed by atoms with Crippen molar-refractivity contribution in [2.75, 3.05) is 19.3 Å². The van der Waals surface area contributed by atoms with E-state index in [-0.39, 0.29) is 48.8 Å². The molecule has 0 aliphatic carbocycles. The lowest BCUT2D eigenvalue weighted by atomic mass is 10.0. The molecule has 240 valence electrons. The average Bonchev–Trinajstić information content (AvgIpc) is 3.41. The maximum atomic E-state index is 15.3. The molecule has 2 aromatic heterocycles. The van der Waals surface area contributed by atoms with Crippen LogP contribution < -0.4 is 9.47 Å². The predicted octanol–water partition coefficient (Wildman–Crippen LogP) is 4.28. The molecule has 0 saturated carbocycles. The van der Waals surface area contributed by atoms with Crippen molar-refractivity contribution in [3.63, 3.8) is 0 Å². The Morgan fingerprint density at radius 2 is 1.96 bits per heavy atom. The van der Waals surface area contributed by atoms with E-state index in [2.05, 4.69) is 26.5 Å². The van der Waals surface area contributed by atoms with E-state index >= 15 is 4.39 Å². The van der Waals surface area contributed by atoms with E-state index in [0.29, 0.717) is 16.7 Å². The first-order valence-electron chi connectivity index (χ1n) is 13.5. The number of halogens is 4. The Kier molecular flexibility index (Phi) is 10.1. The third-order valence-electron chi connectivity index (χ3n) is 6.66. The summed E-state index contributed by atoms with van der Waals surface area (Å²) in [7, 11) is -3.35. The van der Waals surface area contributed by atoms with Gasteiger partial charge in [0, 0.05) is 48.3 Å². The maximum Gasteiger partial charge on any atom is 0.573 e. The zero-order chi connectivity index (χ0) is 32.9. The fraction of sp³-hybridized carbons (Fsp3) is 0.345. The summed E-state index contributed by atoms with van der Waals surface area (Å²) in [5, 5.41) is 4.00. The van der Waals surface area contributed by atoms with Crippen LogP contribution in [0.25, 0.3) is 17.2 Å². The summed E-state index contributed by atoms with van der Waals surface area (Å²) in [5.74, 6) is -2.16. The molecule has 45 heavy (non-hydrogen) atoms. The molecule has 0 N–H and O–H groups in total. The number of allylic oxidation sites excluding steroid dienone is 1. The van der Waals surface area contributed by atoms with Gasteiger partial charge < -0.3 is 14.4 Å². The number of alkyl halides is 4. The Balaban J connectivity index is 1.43. The Morgan fingerprint density at radius 1 is 1.20 bits per heavy atom. The number of hydrogen-bond donors (Lipinski definition) is 0. The van der Waals surface area contributed by atoms with Crippen molar-refractivity contribution in [1.29, 1.82) is 0 Å². The van der Waals surface area contributed by atoms with Crippen molar-refractivity contribution in [3.05, 3.63) is 65.6 Å². The van der Waals surface area contributed by atoms with Crippen molar-refractivity contribution in [2.45, 2.75) is 44.3 Å². The third kappa shape index (κ3) is 8.97. The second-order valence-corrected chi connectivity index (χ2v) is 12.4. The molecule has 3 heterocycles. The van der Waals surface area contributed by atoms with Crippen LogP contribution in [0.1, 0.15) is 34.8 Å². The molecule has 3 aromatic rings. The van der Waals surface area contributed by atoms with Crippen LogP contribution in [0.3, 0.4) is 0 Å². The van der Waals surface area contributed by atoms with Gasteiger partial charge in [0.05, 0.1) is 19.2 Å². The second-order valence-electron chi connectivity index (χ2n) is 10.3. The van der Waals surface area contributed by atoms with Crippen LogP contribution in [0.15, 0.2) is 53.9 Å². The fourth-order valence-corrected chi connectivity index (χ4v) is 5.30. The van der Waals surface area contributed by atoms with Crippen molar-refractivity contribution in [2.24, 2.45) is 4.99 Å². The Morgan fingerprint density at radius 3 is 2.60 bits per heavy atom. The molecule has 1 saturated heterocycles. The minimum absolute atomic E-state index is 0.0614. The average molecular weight is 652 g/mol. The van der Waals surface area contributed by atoms with E-state index in [0.717, 1.165) is 12.3 Å². The second kappa shape index (κ2) is 13.6. The number of ether oxygens (including phenoxy) is 2. The topological polar surface area (TPSA) is 133 Å². The van der Waals surface area contributed by atoms with Gasteiger partial charge in [0.1, 0.15) is 23.3 Å². The fourth-order valence-electron chi connectivity index (χ4n) is 4.67. The Labute approximate surface area is 256 Å². The van der Waals surface area contributed by atoms with Crippen molar-refractivity contribution in [1.82, 2.24) is 19.7 Å². The molecular formula is C29H29F4N5O6S. The van der Waals surface area contributed by atoms with Crippen molar-refractivity contribution >= 4 is 34.4 Å². The Hall–Kier alpha value is -4.60. The third-order valence-corrected chi connectivity index (χ3v) is 7.39. The molecule has 2 atom stereocenters. The van der Waals surface area contributed by atoms with E-state index in [4.69, 9.17) is 4.74 Å². The van der Waals surface area contributed by atoms with Crippen LogP contribution in [0.2, 0.25) is 0 Å². The molecule has 0 radical (unpaired) electrons. The number of nitrogens with zero attached hydrogens (tertiary/aromatic N) is 5. The number of likely N-dealkylation sites (tertiary alicyclic amines) is 1. The monoisotopic (exact) mass is 651 g/mol. The first-order chi connectivity index (χ1) is 21.2. The zero-order valence-electron chi connectivity index (χ0n) is 24.2. The summed E-state index contributed by atoms with van der Waals surface area (Å²) in [6.45, 7) is 4.66. The van der Waals surface area contributed by atoms with Crippen LogP contribution >= 0.6 is 0 Å². The molecule has 0 spiro atoms. The highest BCUT2D eigenvalue weighted by atomic mass is 32.2. The van der Waals surface area contributed by atoms with E-state index in [1.807, 2.05) is 0 Å². The number of amides is 2. The van der Waals surface area contributed by atoms with Crippen molar-refractivity contribution in [3.8, 4) is 22.8 Å². The number of benzene rings is 1. The van der Waals surface area contributed by atoms with Gasteiger partial charge in [-0.15, -0.1) is 13.2 Å². The molecule has 1 aliphatic rings. The van der Waals surface area contributed by atoms with E-state index in [1.54, 1.807) is 6.92 Å². The minimum atomic E-state index is -4.88. The quantitative estimate of drug-likeness (QED) is 0.234. The van der Waals surface area contributed by atoms with Crippen molar-refractivity contribution < 1.29 is 45.0 Å². The van der Waals surface area contributed by atoms with Gasteiger partial charge >= 0.3 is 6.36 Å². The van der Waals surface area contributed by atoms with Crippen LogP contribution in [-0.4, -0.2) is 84.6 Å². The largest absolute Gasteiger partial charge is 0.573 e. The number of aliphatic imine (C=N–C) groups is 1. The molecule has 11 nitrogen and oxygen atoms in total. The number of aromatic nitrogens is 3. The lowest BCUT2D eigenvalue weighted by Gasteiger charge is -2.34. The molecule has 0 bridgehead atoms. The summed E-state index contributed by atoms with van der Waals surface area (Å²) in [6, 6.07) is 5.27. The summed E-state index contributed by atoms with van der Waals surface area (Å²) in [4.78, 5) is 34.4. The van der Waals surface area contributed by atoms with Gasteiger partial charge in [0.2, 0.25) is 11.8 Å². The number of carbonyl (C=O) groups is 2. The van der Waals surface area contributed by atoms with E-state index < -0.39 is 46.0 Å². The molecular weight excluding hydrogens is 622 g/mol. The highest BCUT2D eigenvalue weighted by molar-refractivity contribution is 7.89. The first kappa shape index (κ1) is 33.3. The predicted molar refractivity (Wildman–Crippen MR) is 156 cm³/mol. The zero-order valence-corrected chi connectivity index (χ0v) is 25.0. The number of carbonyl (C=O) groups excluding carboxylic acids is 2. The molecule has 16 heteroatoms. The number of pyridine rings is 1. The van der Waals surface area contributed by atoms with Gasteiger partial charge in [-0.25, -0.2) is 22.8 Å². The normalized spacial score (nSPS) is 17.3. The SMILES string of the molecule is C=NC(=O)c1cc(-c2cnn(CS(C)(=O)=O)c2)cnc1OC1CCN(C(=O)Cc2ccc(OC(F)(F)F)c(C=CC)c2)CC1F. The van der Waals surface area contributed by atoms with Gasteiger partial charge in [-0.3, -0.25) is 14.3 Å². The molecule has 1 fully saturated rings. The van der Waals surface area contributed by atoms with Gasteiger partial charge in [0.25, 0.3) is 5.91 Å². The summed E-state index contributed by atoms with van der Waals surface area (Å²) >= 11 is 0. The van der Waals surface area contributed by atoms with Gasteiger partial charge in [0.15, 0.2) is 16.0 Å². The van der Waals surface area contributed by atoms with Crippen LogP contribution in [-0.2, 0) is 26.9 Å². The smallest absolute Gasteiger partial charge is 0.471 e.